The van der Waals surface area contributed by atoms with Crippen LogP contribution in [0.5, 0.6) is 0 Å². The Bertz CT molecular complexity index is 438. The Hall–Kier alpha value is -1.37. The smallest absolute Gasteiger partial charge is 0.133 e. The highest BCUT2D eigenvalue weighted by Crippen LogP contribution is 2.25. The molecule has 3 heteroatoms. The van der Waals surface area contributed by atoms with Crippen LogP contribution in [0.1, 0.15) is 46.1 Å². The molecule has 0 aromatic heterocycles. The molecule has 3 nitrogen and oxygen atoms in total. The van der Waals surface area contributed by atoms with E-state index in [9.17, 15) is 5.26 Å². The molecule has 0 aliphatic carbocycles. The number of rotatable bonds is 9. The molecule has 1 aromatic carbocycles. The van der Waals surface area contributed by atoms with Gasteiger partial charge in [0, 0.05) is 12.6 Å². The van der Waals surface area contributed by atoms with Gasteiger partial charge in [0.25, 0.3) is 0 Å². The van der Waals surface area contributed by atoms with Gasteiger partial charge in [0.15, 0.2) is 0 Å². The monoisotopic (exact) mass is 287 g/mol. The largest absolute Gasteiger partial charge is 0.301 e. The van der Waals surface area contributed by atoms with Crippen LogP contribution in [-0.4, -0.2) is 30.6 Å². The van der Waals surface area contributed by atoms with Crippen molar-refractivity contribution in [3.8, 4) is 6.07 Å². The summed E-state index contributed by atoms with van der Waals surface area (Å²) in [6.45, 7) is 11.5. The van der Waals surface area contributed by atoms with Crippen molar-refractivity contribution < 1.29 is 0 Å². The van der Waals surface area contributed by atoms with Crippen molar-refractivity contribution in [3.05, 3.63) is 35.9 Å². The summed E-state index contributed by atoms with van der Waals surface area (Å²) in [7, 11) is 0. The van der Waals surface area contributed by atoms with Crippen molar-refractivity contribution in [2.75, 3.05) is 19.6 Å². The lowest BCUT2D eigenvalue weighted by Crippen LogP contribution is -2.45. The second-order valence-corrected chi connectivity index (χ2v) is 5.55. The van der Waals surface area contributed by atoms with Crippen molar-refractivity contribution in [1.82, 2.24) is 10.2 Å². The number of nitriles is 1. The zero-order valence-electron chi connectivity index (χ0n) is 13.9. The van der Waals surface area contributed by atoms with Crippen LogP contribution in [0, 0.1) is 11.3 Å². The SMILES string of the molecule is CCNC(C#N)(CCN(CC)C(C)CC)c1ccccc1. The Morgan fingerprint density at radius 1 is 1.24 bits per heavy atom. The number of hydrogen-bond donors (Lipinski definition) is 1. The van der Waals surface area contributed by atoms with Gasteiger partial charge in [0.2, 0.25) is 0 Å². The summed E-state index contributed by atoms with van der Waals surface area (Å²) in [5, 5.41) is 13.2. The Balaban J connectivity index is 2.92. The first-order valence-corrected chi connectivity index (χ1v) is 8.09. The average Bonchev–Trinajstić information content (AvgIpc) is 2.54. The van der Waals surface area contributed by atoms with Gasteiger partial charge in [-0.1, -0.05) is 51.1 Å². The zero-order chi connectivity index (χ0) is 15.7. The van der Waals surface area contributed by atoms with E-state index in [2.05, 4.69) is 44.0 Å². The second kappa shape index (κ2) is 8.81. The lowest BCUT2D eigenvalue weighted by molar-refractivity contribution is 0.193. The lowest BCUT2D eigenvalue weighted by Gasteiger charge is -2.33. The van der Waals surface area contributed by atoms with Crippen LogP contribution in [0.4, 0.5) is 0 Å². The molecule has 116 valence electrons. The van der Waals surface area contributed by atoms with Crippen LogP contribution in [0.3, 0.4) is 0 Å². The Morgan fingerprint density at radius 2 is 1.90 bits per heavy atom. The van der Waals surface area contributed by atoms with E-state index in [0.29, 0.717) is 6.04 Å². The molecule has 2 atom stereocenters. The Labute approximate surface area is 130 Å². The summed E-state index contributed by atoms with van der Waals surface area (Å²) in [6.07, 6.45) is 1.94. The minimum Gasteiger partial charge on any atom is -0.301 e. The minimum absolute atomic E-state index is 0.559. The predicted octanol–water partition coefficient (Wildman–Crippen LogP) is 3.53. The fourth-order valence-corrected chi connectivity index (χ4v) is 2.78. The van der Waals surface area contributed by atoms with Crippen LogP contribution in [0.15, 0.2) is 30.3 Å². The lowest BCUT2D eigenvalue weighted by atomic mass is 9.87. The molecule has 0 bridgehead atoms. The molecule has 0 heterocycles. The predicted molar refractivity (Wildman–Crippen MR) is 89.0 cm³/mol. The maximum Gasteiger partial charge on any atom is 0.133 e. The first-order chi connectivity index (χ1) is 10.1. The molecule has 0 radical (unpaired) electrons. The molecule has 0 saturated heterocycles. The van der Waals surface area contributed by atoms with Crippen molar-refractivity contribution in [3.63, 3.8) is 0 Å². The molecule has 1 rings (SSSR count). The summed E-state index contributed by atoms with van der Waals surface area (Å²) in [5.41, 5.74) is 0.478. The summed E-state index contributed by atoms with van der Waals surface area (Å²) in [4.78, 5) is 2.45. The van der Waals surface area contributed by atoms with E-state index < -0.39 is 5.54 Å². The van der Waals surface area contributed by atoms with Crippen molar-refractivity contribution in [2.45, 2.75) is 52.1 Å². The highest BCUT2D eigenvalue weighted by atomic mass is 15.1. The van der Waals surface area contributed by atoms with Gasteiger partial charge in [0.1, 0.15) is 5.54 Å². The second-order valence-electron chi connectivity index (χ2n) is 5.55. The van der Waals surface area contributed by atoms with E-state index in [-0.39, 0.29) is 0 Å². The average molecular weight is 287 g/mol. The first kappa shape index (κ1) is 17.7. The van der Waals surface area contributed by atoms with Crippen molar-refractivity contribution in [2.24, 2.45) is 0 Å². The molecular weight excluding hydrogens is 258 g/mol. The Morgan fingerprint density at radius 3 is 2.38 bits per heavy atom. The fraction of sp³-hybridized carbons (Fsp3) is 0.611. The zero-order valence-corrected chi connectivity index (χ0v) is 13.9. The molecule has 2 unspecified atom stereocenters. The molecule has 0 aliphatic heterocycles. The highest BCUT2D eigenvalue weighted by Gasteiger charge is 2.31. The molecule has 1 aromatic rings. The third-order valence-electron chi connectivity index (χ3n) is 4.33. The van der Waals surface area contributed by atoms with Crippen molar-refractivity contribution in [1.29, 1.82) is 5.26 Å². The normalized spacial score (nSPS) is 15.4. The number of nitrogens with zero attached hydrogens (tertiary/aromatic N) is 2. The van der Waals surface area contributed by atoms with E-state index in [1.165, 1.54) is 0 Å². The van der Waals surface area contributed by atoms with Gasteiger partial charge in [-0.05, 0) is 38.4 Å². The number of benzene rings is 1. The van der Waals surface area contributed by atoms with Gasteiger partial charge >= 0.3 is 0 Å². The molecule has 0 saturated carbocycles. The summed E-state index contributed by atoms with van der Waals surface area (Å²) < 4.78 is 0. The molecule has 0 fully saturated rings. The van der Waals surface area contributed by atoms with Gasteiger partial charge in [-0.15, -0.1) is 0 Å². The molecule has 21 heavy (non-hydrogen) atoms. The van der Waals surface area contributed by atoms with E-state index >= 15 is 0 Å². The number of nitrogens with one attached hydrogen (secondary N) is 1. The topological polar surface area (TPSA) is 39.1 Å². The van der Waals surface area contributed by atoms with Crippen LogP contribution in [0.25, 0.3) is 0 Å². The molecule has 0 spiro atoms. The van der Waals surface area contributed by atoms with Gasteiger partial charge in [-0.25, -0.2) is 0 Å². The van der Waals surface area contributed by atoms with Crippen LogP contribution in [-0.2, 0) is 5.54 Å². The summed E-state index contributed by atoms with van der Waals surface area (Å²) >= 11 is 0. The van der Waals surface area contributed by atoms with Crippen LogP contribution in [0.2, 0.25) is 0 Å². The maximum absolute atomic E-state index is 9.81. The van der Waals surface area contributed by atoms with Gasteiger partial charge in [0.05, 0.1) is 6.07 Å². The van der Waals surface area contributed by atoms with E-state index in [1.807, 2.05) is 30.3 Å². The fourth-order valence-electron chi connectivity index (χ4n) is 2.78. The minimum atomic E-state index is -0.586. The molecule has 0 aliphatic rings. The van der Waals surface area contributed by atoms with E-state index in [4.69, 9.17) is 0 Å². The van der Waals surface area contributed by atoms with Gasteiger partial charge in [-0.3, -0.25) is 5.32 Å². The highest BCUT2D eigenvalue weighted by molar-refractivity contribution is 5.31. The molecular formula is C18H29N3. The first-order valence-electron chi connectivity index (χ1n) is 8.09. The third-order valence-corrected chi connectivity index (χ3v) is 4.33. The van der Waals surface area contributed by atoms with Gasteiger partial charge in [-0.2, -0.15) is 5.26 Å². The quantitative estimate of drug-likeness (QED) is 0.755. The standard InChI is InChI=1S/C18H29N3/c1-5-16(4)21(7-3)14-13-18(15-19,20-6-2)17-11-9-8-10-12-17/h8-12,16,20H,5-7,13-14H2,1-4H3. The maximum atomic E-state index is 9.81. The van der Waals surface area contributed by atoms with E-state index in [1.54, 1.807) is 0 Å². The Kier molecular flexibility index (Phi) is 7.42. The summed E-state index contributed by atoms with van der Waals surface area (Å²) in [6, 6.07) is 13.2. The van der Waals surface area contributed by atoms with E-state index in [0.717, 1.165) is 38.0 Å². The van der Waals surface area contributed by atoms with Crippen LogP contribution >= 0.6 is 0 Å². The summed E-state index contributed by atoms with van der Waals surface area (Å²) in [5.74, 6) is 0. The molecule has 1 N–H and O–H groups in total. The van der Waals surface area contributed by atoms with Crippen LogP contribution < -0.4 is 5.32 Å². The third kappa shape index (κ3) is 4.56. The number of hydrogen-bond acceptors (Lipinski definition) is 3. The molecule has 0 amide bonds. The van der Waals surface area contributed by atoms with Gasteiger partial charge < -0.3 is 4.90 Å². The van der Waals surface area contributed by atoms with Crippen molar-refractivity contribution >= 4 is 0 Å².